The first-order valence-corrected chi connectivity index (χ1v) is 6.13. The van der Waals surface area contributed by atoms with Gasteiger partial charge in [-0.1, -0.05) is 0 Å². The number of quaternary nitrogens is 1. The van der Waals surface area contributed by atoms with Gasteiger partial charge in [-0.3, -0.25) is 0 Å². The summed E-state index contributed by atoms with van der Waals surface area (Å²) in [7, 11) is 0. The third-order valence-electron chi connectivity index (χ3n) is 2.95. The maximum atomic E-state index is 13.7. The van der Waals surface area contributed by atoms with Gasteiger partial charge < -0.3 is 4.55 Å². The van der Waals surface area contributed by atoms with Gasteiger partial charge in [-0.2, -0.15) is 26.3 Å². The molecular formula is C6HF14N2O2S+. The van der Waals surface area contributed by atoms with Crippen molar-refractivity contribution >= 4 is 11.1 Å². The SMILES string of the molecule is O=S(O)C(F)(F)C(F)(F)[N+]1(F)C(F)(F)C(F)(F)N(F)C(F)(F)C1(F)F. The van der Waals surface area contributed by atoms with Gasteiger partial charge in [-0.05, 0) is 0 Å². The summed E-state index contributed by atoms with van der Waals surface area (Å²) < 4.78 is 193. The summed E-state index contributed by atoms with van der Waals surface area (Å²) in [5.41, 5.74) is 0. The molecule has 0 bridgehead atoms. The molecule has 1 saturated heterocycles. The highest BCUT2D eigenvalue weighted by Crippen LogP contribution is 2.67. The zero-order valence-electron chi connectivity index (χ0n) is 10.4. The van der Waals surface area contributed by atoms with Gasteiger partial charge in [0, 0.05) is 9.60 Å². The topological polar surface area (TPSA) is 40.5 Å². The second-order valence-electron chi connectivity index (χ2n) is 4.34. The van der Waals surface area contributed by atoms with E-state index in [0.717, 1.165) is 0 Å². The fourth-order valence-corrected chi connectivity index (χ4v) is 1.93. The molecule has 0 aliphatic carbocycles. The lowest BCUT2D eigenvalue weighted by atomic mass is 10.2. The first-order valence-electron chi connectivity index (χ1n) is 5.03. The highest BCUT2D eigenvalue weighted by atomic mass is 32.2. The Labute approximate surface area is 128 Å². The Bertz CT molecular complexity index is 564. The molecule has 1 aliphatic rings. The first kappa shape index (κ1) is 22.1. The number of piperazine rings is 1. The van der Waals surface area contributed by atoms with Gasteiger partial charge in [0.15, 0.2) is 0 Å². The molecule has 1 heterocycles. The molecule has 1 unspecified atom stereocenters. The molecule has 1 aliphatic heterocycles. The van der Waals surface area contributed by atoms with Crippen LogP contribution >= 0.6 is 0 Å². The van der Waals surface area contributed by atoms with Crippen LogP contribution in [0.25, 0.3) is 0 Å². The van der Waals surface area contributed by atoms with Crippen LogP contribution in [0.15, 0.2) is 0 Å². The van der Waals surface area contributed by atoms with Crippen molar-refractivity contribution in [1.29, 1.82) is 0 Å². The maximum Gasteiger partial charge on any atom is 0.520 e. The average Bonchev–Trinajstić information content (AvgIpc) is 2.42. The minimum Gasteiger partial charge on any atom is -0.301 e. The molecule has 1 fully saturated rings. The van der Waals surface area contributed by atoms with E-state index < -0.39 is 56.4 Å². The normalized spacial score (nSPS) is 29.2. The number of hydrogen-bond acceptors (Lipinski definition) is 2. The number of halogens is 14. The highest BCUT2D eigenvalue weighted by molar-refractivity contribution is 7.80. The molecule has 25 heavy (non-hydrogen) atoms. The van der Waals surface area contributed by atoms with Gasteiger partial charge in [0.1, 0.15) is 0 Å². The Hall–Kier alpha value is -0.950. The van der Waals surface area contributed by atoms with Gasteiger partial charge in [0.2, 0.25) is 11.1 Å². The van der Waals surface area contributed by atoms with Gasteiger partial charge in [0.05, 0.1) is 4.71 Å². The molecule has 0 aromatic carbocycles. The summed E-state index contributed by atoms with van der Waals surface area (Å²) in [4.78, 5) is 0. The minimum absolute atomic E-state index is 3.99. The smallest absolute Gasteiger partial charge is 0.301 e. The summed E-state index contributed by atoms with van der Waals surface area (Å²) >= 11 is -5.50. The van der Waals surface area contributed by atoms with Crippen molar-refractivity contribution in [2.45, 2.75) is 35.5 Å². The van der Waals surface area contributed by atoms with Crippen LogP contribution in [0.1, 0.15) is 0 Å². The van der Waals surface area contributed by atoms with Gasteiger partial charge >= 0.3 is 35.5 Å². The van der Waals surface area contributed by atoms with Crippen LogP contribution in [0.2, 0.25) is 0 Å². The highest BCUT2D eigenvalue weighted by Gasteiger charge is 3.06. The summed E-state index contributed by atoms with van der Waals surface area (Å²) in [6, 6.07) is -39.1. The number of alkyl halides is 12. The van der Waals surface area contributed by atoms with Gasteiger partial charge in [0.25, 0.3) is 0 Å². The van der Waals surface area contributed by atoms with E-state index in [1.807, 2.05) is 0 Å². The predicted molar refractivity (Wildman–Crippen MR) is 44.8 cm³/mol. The fourth-order valence-electron chi connectivity index (χ4n) is 1.60. The van der Waals surface area contributed by atoms with Gasteiger partial charge in [-0.25, -0.2) is 4.21 Å². The fraction of sp³-hybridized carbons (Fsp3) is 1.00. The van der Waals surface area contributed by atoms with Crippen molar-refractivity contribution in [3.05, 3.63) is 0 Å². The Morgan fingerprint density at radius 3 is 1.36 bits per heavy atom. The van der Waals surface area contributed by atoms with Crippen LogP contribution in [0, 0.1) is 0 Å². The van der Waals surface area contributed by atoms with E-state index in [0.29, 0.717) is 0 Å². The third-order valence-corrected chi connectivity index (χ3v) is 3.63. The Balaban J connectivity index is 3.99. The zero-order chi connectivity index (χ0) is 20.7. The summed E-state index contributed by atoms with van der Waals surface area (Å²) in [6.07, 6.45) is 0. The van der Waals surface area contributed by atoms with E-state index in [1.165, 1.54) is 0 Å². The van der Waals surface area contributed by atoms with Crippen molar-refractivity contribution in [1.82, 2.24) is 5.12 Å². The van der Waals surface area contributed by atoms with Crippen molar-refractivity contribution < 1.29 is 75.1 Å². The van der Waals surface area contributed by atoms with E-state index in [2.05, 4.69) is 0 Å². The van der Waals surface area contributed by atoms with Crippen molar-refractivity contribution in [2.75, 3.05) is 0 Å². The Morgan fingerprint density at radius 1 is 0.840 bits per heavy atom. The summed E-state index contributed by atoms with van der Waals surface area (Å²) in [5.74, 6) is 0. The average molecular weight is 431 g/mol. The van der Waals surface area contributed by atoms with Crippen LogP contribution in [0.3, 0.4) is 0 Å². The van der Waals surface area contributed by atoms with Crippen LogP contribution in [0.5, 0.6) is 0 Å². The molecule has 0 radical (unpaired) electrons. The van der Waals surface area contributed by atoms with Crippen LogP contribution < -0.4 is 0 Å². The third kappa shape index (κ3) is 2.02. The van der Waals surface area contributed by atoms with E-state index >= 15 is 0 Å². The number of nitrogens with zero attached hydrogens (tertiary/aromatic N) is 2. The van der Waals surface area contributed by atoms with E-state index in [1.54, 1.807) is 0 Å². The molecule has 0 amide bonds. The predicted octanol–water partition coefficient (Wildman–Crippen LogP) is 3.67. The molecule has 4 nitrogen and oxygen atoms in total. The molecule has 150 valence electrons. The lowest BCUT2D eigenvalue weighted by molar-refractivity contribution is -1.25. The largest absolute Gasteiger partial charge is 0.520 e. The molecule has 19 heteroatoms. The lowest BCUT2D eigenvalue weighted by Gasteiger charge is -2.50. The van der Waals surface area contributed by atoms with E-state index in [-0.39, 0.29) is 0 Å². The molecule has 1 atom stereocenters. The second kappa shape index (κ2) is 5.06. The van der Waals surface area contributed by atoms with E-state index in [9.17, 15) is 65.9 Å². The standard InChI is InChI=1S/C6F14N2O2S/c7-1(8)3(11,12)22(20,4(13,14)2(9,10)21(1)19)5(15,16)6(17,18)25(23)24/p+1. The molecular weight excluding hydrogens is 430 g/mol. The van der Waals surface area contributed by atoms with Crippen LogP contribution in [0.4, 0.5) is 61.6 Å². The Morgan fingerprint density at radius 2 is 1.12 bits per heavy atom. The van der Waals surface area contributed by atoms with Crippen LogP contribution in [-0.4, -0.2) is 54.1 Å². The number of rotatable bonds is 3. The molecule has 0 spiro atoms. The maximum absolute atomic E-state index is 13.7. The molecule has 0 aromatic heterocycles. The van der Waals surface area contributed by atoms with Gasteiger partial charge in [-0.15, -0.1) is 30.8 Å². The lowest BCUT2D eigenvalue weighted by Crippen LogP contribution is -2.90. The second-order valence-corrected chi connectivity index (χ2v) is 5.35. The molecule has 1 N–H and O–H groups in total. The first-order chi connectivity index (χ1) is 10.6. The monoisotopic (exact) mass is 431 g/mol. The summed E-state index contributed by atoms with van der Waals surface area (Å²) in [5, 5.41) is -11.2. The van der Waals surface area contributed by atoms with Crippen LogP contribution in [-0.2, 0) is 11.1 Å². The van der Waals surface area contributed by atoms with Crippen molar-refractivity contribution in [3.8, 4) is 0 Å². The quantitative estimate of drug-likeness (QED) is 0.321. The van der Waals surface area contributed by atoms with E-state index in [4.69, 9.17) is 4.55 Å². The Kier molecular flexibility index (Phi) is 4.47. The van der Waals surface area contributed by atoms with Crippen molar-refractivity contribution in [3.63, 3.8) is 0 Å². The van der Waals surface area contributed by atoms with Crippen molar-refractivity contribution in [2.24, 2.45) is 0 Å². The molecule has 0 saturated carbocycles. The zero-order valence-corrected chi connectivity index (χ0v) is 11.3. The summed E-state index contributed by atoms with van der Waals surface area (Å²) in [6.45, 7) is 0. The number of hydrogen-bond donors (Lipinski definition) is 1. The molecule has 0 aromatic rings. The minimum atomic E-state index is -8.08. The molecule has 1 rings (SSSR count).